The van der Waals surface area contributed by atoms with Gasteiger partial charge in [0.25, 0.3) is 0 Å². The lowest BCUT2D eigenvalue weighted by Gasteiger charge is -2.35. The molecule has 5 rings (SSSR count). The molecule has 1 aliphatic heterocycles. The molecule has 0 amide bonds. The van der Waals surface area contributed by atoms with E-state index in [0.717, 1.165) is 66.1 Å². The molecule has 7 nitrogen and oxygen atoms in total. The molecule has 1 saturated heterocycles. The van der Waals surface area contributed by atoms with Gasteiger partial charge in [-0.25, -0.2) is 13.1 Å². The third kappa shape index (κ3) is 5.88. The second-order valence-corrected chi connectivity index (χ2v) is 12.9. The lowest BCUT2D eigenvalue weighted by Crippen LogP contribution is -2.45. The van der Waals surface area contributed by atoms with Crippen LogP contribution in [0.1, 0.15) is 31.5 Å². The van der Waals surface area contributed by atoms with Gasteiger partial charge in [-0.1, -0.05) is 62.4 Å². The number of sulfonamides is 1. The third-order valence-corrected chi connectivity index (χ3v) is 9.45. The Morgan fingerprint density at radius 3 is 2.26 bits per heavy atom. The molecule has 4 aromatic rings. The van der Waals surface area contributed by atoms with E-state index in [1.807, 2.05) is 60.1 Å². The number of aryl methyl sites for hydroxylation is 1. The molecule has 0 bridgehead atoms. The Morgan fingerprint density at radius 1 is 0.897 bits per heavy atom. The van der Waals surface area contributed by atoms with Gasteiger partial charge in [-0.15, -0.1) is 0 Å². The first-order chi connectivity index (χ1) is 18.7. The van der Waals surface area contributed by atoms with Crippen LogP contribution in [-0.4, -0.2) is 67.2 Å². The van der Waals surface area contributed by atoms with Crippen LogP contribution in [0.4, 0.5) is 5.82 Å². The lowest BCUT2D eigenvalue weighted by molar-refractivity contribution is 0.310. The van der Waals surface area contributed by atoms with E-state index in [-0.39, 0.29) is 6.54 Å². The number of piperazine rings is 1. The monoisotopic (exact) mass is 545 g/mol. The summed E-state index contributed by atoms with van der Waals surface area (Å²) in [4.78, 5) is 5.02. The highest BCUT2D eigenvalue weighted by Crippen LogP contribution is 2.32. The lowest BCUT2D eigenvalue weighted by atomic mass is 10.1. The molecular weight excluding hydrogens is 506 g/mol. The first-order valence-corrected chi connectivity index (χ1v) is 15.2. The fourth-order valence-electron chi connectivity index (χ4n) is 5.16. The van der Waals surface area contributed by atoms with E-state index in [2.05, 4.69) is 42.8 Å². The van der Waals surface area contributed by atoms with Gasteiger partial charge in [0.15, 0.2) is 0 Å². The third-order valence-electron chi connectivity index (χ3n) is 7.61. The molecule has 8 heteroatoms. The van der Waals surface area contributed by atoms with Gasteiger partial charge in [-0.05, 0) is 61.3 Å². The Morgan fingerprint density at radius 2 is 1.56 bits per heavy atom. The molecular formula is C31H39N5O2S. The van der Waals surface area contributed by atoms with E-state index in [1.165, 1.54) is 0 Å². The van der Waals surface area contributed by atoms with Crippen LogP contribution in [0.25, 0.3) is 16.5 Å². The van der Waals surface area contributed by atoms with Crippen molar-refractivity contribution in [3.8, 4) is 5.69 Å². The summed E-state index contributed by atoms with van der Waals surface area (Å²) in [6.45, 7) is 10.6. The second-order valence-electron chi connectivity index (χ2n) is 11.0. The van der Waals surface area contributed by atoms with Crippen LogP contribution in [0.15, 0.2) is 77.7 Å². The van der Waals surface area contributed by atoms with Crippen molar-refractivity contribution >= 4 is 26.6 Å². The van der Waals surface area contributed by atoms with Gasteiger partial charge in [0, 0.05) is 44.8 Å². The van der Waals surface area contributed by atoms with Crippen molar-refractivity contribution in [1.82, 2.24) is 19.0 Å². The van der Waals surface area contributed by atoms with Crippen LogP contribution >= 0.6 is 0 Å². The first kappa shape index (κ1) is 27.4. The average molecular weight is 546 g/mol. The number of hydrogen-bond donors (Lipinski definition) is 0. The molecule has 0 spiro atoms. The molecule has 0 atom stereocenters. The van der Waals surface area contributed by atoms with Gasteiger partial charge in [0.05, 0.1) is 16.3 Å². The van der Waals surface area contributed by atoms with Crippen molar-refractivity contribution < 1.29 is 8.42 Å². The van der Waals surface area contributed by atoms with Crippen LogP contribution < -0.4 is 4.90 Å². The van der Waals surface area contributed by atoms with Crippen molar-refractivity contribution in [2.24, 2.45) is 5.92 Å². The molecule has 0 radical (unpaired) electrons. The molecule has 0 saturated carbocycles. The molecule has 0 N–H and O–H groups in total. The van der Waals surface area contributed by atoms with Gasteiger partial charge in [0.2, 0.25) is 10.0 Å². The number of likely N-dealkylation sites (N-methyl/N-ethyl adjacent to an activating group) is 1. The highest BCUT2D eigenvalue weighted by molar-refractivity contribution is 7.89. The van der Waals surface area contributed by atoms with Gasteiger partial charge in [0.1, 0.15) is 5.82 Å². The fourth-order valence-corrected chi connectivity index (χ4v) is 6.62. The molecule has 3 aromatic carbocycles. The number of anilines is 1. The zero-order valence-electron chi connectivity index (χ0n) is 23.4. The zero-order chi connectivity index (χ0) is 27.6. The number of fused-ring (bicyclic) bond motifs is 1. The summed E-state index contributed by atoms with van der Waals surface area (Å²) < 4.78 is 32.0. The largest absolute Gasteiger partial charge is 0.354 e. The summed E-state index contributed by atoms with van der Waals surface area (Å²) >= 11 is 0. The number of benzene rings is 3. The predicted octanol–water partition coefficient (Wildman–Crippen LogP) is 5.32. The first-order valence-electron chi connectivity index (χ1n) is 13.8. The Balaban J connectivity index is 1.58. The summed E-state index contributed by atoms with van der Waals surface area (Å²) in [5.74, 6) is 1.37. The molecule has 39 heavy (non-hydrogen) atoms. The fraction of sp³-hybridized carbons (Fsp3) is 0.387. The van der Waals surface area contributed by atoms with Crippen molar-refractivity contribution in [3.63, 3.8) is 0 Å². The Bertz CT molecular complexity index is 1520. The molecule has 1 aliphatic rings. The van der Waals surface area contributed by atoms with Crippen LogP contribution in [-0.2, 0) is 16.6 Å². The maximum atomic E-state index is 14.2. The minimum absolute atomic E-state index is 0.280. The van der Waals surface area contributed by atoms with E-state index in [1.54, 1.807) is 16.4 Å². The Hall–Kier alpha value is -3.20. The van der Waals surface area contributed by atoms with Crippen molar-refractivity contribution in [2.75, 3.05) is 44.7 Å². The van der Waals surface area contributed by atoms with E-state index < -0.39 is 10.0 Å². The standard InChI is InChI=1S/C31H39N5O2S/c1-24(2)16-17-35(39(37,38)29-15-14-26-10-8-9-11-27(26)22-29)23-30-25(3)32-36(28-12-6-5-7-13-28)31(30)34-20-18-33(4)19-21-34/h5-15,22,24H,16-21,23H2,1-4H3. The van der Waals surface area contributed by atoms with Gasteiger partial charge >= 0.3 is 0 Å². The minimum atomic E-state index is -3.75. The predicted molar refractivity (Wildman–Crippen MR) is 159 cm³/mol. The summed E-state index contributed by atoms with van der Waals surface area (Å²) in [7, 11) is -1.60. The molecule has 0 aliphatic carbocycles. The number of aromatic nitrogens is 2. The summed E-state index contributed by atoms with van der Waals surface area (Å²) in [5, 5.41) is 6.91. The van der Waals surface area contributed by atoms with Crippen LogP contribution in [0.2, 0.25) is 0 Å². The van der Waals surface area contributed by atoms with Crippen LogP contribution in [0.3, 0.4) is 0 Å². The topological polar surface area (TPSA) is 61.7 Å². The van der Waals surface area contributed by atoms with Crippen molar-refractivity contribution in [1.29, 1.82) is 0 Å². The van der Waals surface area contributed by atoms with E-state index in [0.29, 0.717) is 17.4 Å². The average Bonchev–Trinajstić information content (AvgIpc) is 3.27. The van der Waals surface area contributed by atoms with Crippen molar-refractivity contribution in [2.45, 2.75) is 38.6 Å². The van der Waals surface area contributed by atoms with Crippen molar-refractivity contribution in [3.05, 3.63) is 84.1 Å². The summed E-state index contributed by atoms with van der Waals surface area (Å²) in [5.41, 5.74) is 2.81. The summed E-state index contributed by atoms with van der Waals surface area (Å²) in [6.07, 6.45) is 0.780. The van der Waals surface area contributed by atoms with E-state index in [9.17, 15) is 8.42 Å². The quantitative estimate of drug-likeness (QED) is 0.285. The maximum absolute atomic E-state index is 14.2. The second kappa shape index (κ2) is 11.5. The van der Waals surface area contributed by atoms with Gasteiger partial charge in [-0.3, -0.25) is 0 Å². The minimum Gasteiger partial charge on any atom is -0.354 e. The highest BCUT2D eigenvalue weighted by Gasteiger charge is 2.31. The SMILES string of the molecule is Cc1nn(-c2ccccc2)c(N2CCN(C)CC2)c1CN(CCC(C)C)S(=O)(=O)c1ccc2ccccc2c1. The van der Waals surface area contributed by atoms with Gasteiger partial charge < -0.3 is 9.80 Å². The van der Waals surface area contributed by atoms with Crippen LogP contribution in [0.5, 0.6) is 0 Å². The maximum Gasteiger partial charge on any atom is 0.243 e. The molecule has 0 unspecified atom stereocenters. The number of para-hydroxylation sites is 1. The molecule has 1 aromatic heterocycles. The van der Waals surface area contributed by atoms with E-state index in [4.69, 9.17) is 5.10 Å². The molecule has 206 valence electrons. The highest BCUT2D eigenvalue weighted by atomic mass is 32.2. The summed E-state index contributed by atoms with van der Waals surface area (Å²) in [6, 6.07) is 23.5. The van der Waals surface area contributed by atoms with E-state index >= 15 is 0 Å². The molecule has 2 heterocycles. The Kier molecular flexibility index (Phi) is 8.07. The number of hydrogen-bond acceptors (Lipinski definition) is 5. The van der Waals surface area contributed by atoms with Crippen LogP contribution in [0, 0.1) is 12.8 Å². The number of rotatable bonds is 9. The normalized spacial score (nSPS) is 15.1. The smallest absolute Gasteiger partial charge is 0.243 e. The van der Waals surface area contributed by atoms with Gasteiger partial charge in [-0.2, -0.15) is 9.40 Å². The zero-order valence-corrected chi connectivity index (χ0v) is 24.2. The molecule has 1 fully saturated rings. The number of nitrogens with zero attached hydrogens (tertiary/aromatic N) is 5. The Labute approximate surface area is 232 Å².